The molecule has 49 heavy (non-hydrogen) atoms. The fourth-order valence-electron chi connectivity index (χ4n) is 6.58. The molecule has 0 atom stereocenters. The lowest BCUT2D eigenvalue weighted by atomic mass is 9.99. The minimum absolute atomic E-state index is 0.0384. The summed E-state index contributed by atoms with van der Waals surface area (Å²) < 4.78 is 60.7. The largest absolute Gasteiger partial charge is 0.488 e. The van der Waals surface area contributed by atoms with E-state index in [1.165, 1.54) is 6.07 Å². The summed E-state index contributed by atoms with van der Waals surface area (Å²) in [6.45, 7) is 4.75. The third kappa shape index (κ3) is 6.47. The average Bonchev–Trinajstić information content (AvgIpc) is 3.61. The predicted molar refractivity (Wildman–Crippen MR) is 186 cm³/mol. The number of ether oxygens (including phenoxy) is 3. The highest BCUT2D eigenvalue weighted by Crippen LogP contribution is 2.49. The van der Waals surface area contributed by atoms with Gasteiger partial charge in [-0.05, 0) is 87.8 Å². The van der Waals surface area contributed by atoms with E-state index < -0.39 is 11.7 Å². The molecule has 0 saturated carbocycles. The van der Waals surface area contributed by atoms with E-state index in [0.29, 0.717) is 42.4 Å². The number of anilines is 2. The highest BCUT2D eigenvalue weighted by atomic mass is 19.4. The van der Waals surface area contributed by atoms with Crippen molar-refractivity contribution < 1.29 is 27.4 Å². The number of morpholine rings is 1. The summed E-state index contributed by atoms with van der Waals surface area (Å²) in [5.41, 5.74) is 5.96. The van der Waals surface area contributed by atoms with Crippen molar-refractivity contribution in [3.63, 3.8) is 0 Å². The molecule has 1 aromatic heterocycles. The Balaban J connectivity index is 1.13. The molecule has 3 heterocycles. The van der Waals surface area contributed by atoms with E-state index in [1.54, 1.807) is 6.07 Å². The topological polar surface area (TPSA) is 50.0 Å². The summed E-state index contributed by atoms with van der Waals surface area (Å²) in [6, 6.07) is 33.6. The van der Waals surface area contributed by atoms with Crippen LogP contribution in [0.3, 0.4) is 0 Å². The van der Waals surface area contributed by atoms with Gasteiger partial charge in [0.1, 0.15) is 12.4 Å². The number of hydrogen-bond acceptors (Lipinski definition) is 5. The van der Waals surface area contributed by atoms with Crippen LogP contribution in [-0.4, -0.2) is 49.3 Å². The van der Waals surface area contributed by atoms with Crippen LogP contribution in [0.25, 0.3) is 33.2 Å². The number of H-pyrrole nitrogens is 1. The van der Waals surface area contributed by atoms with E-state index in [1.807, 2.05) is 66.9 Å². The van der Waals surface area contributed by atoms with Gasteiger partial charge in [-0.2, -0.15) is 13.2 Å². The first-order valence-corrected chi connectivity index (χ1v) is 16.4. The van der Waals surface area contributed by atoms with E-state index in [-0.39, 0.29) is 12.4 Å². The quantitative estimate of drug-likeness (QED) is 0.176. The molecule has 6 nitrogen and oxygen atoms in total. The Morgan fingerprint density at radius 1 is 0.694 bits per heavy atom. The van der Waals surface area contributed by atoms with Gasteiger partial charge in [-0.3, -0.25) is 4.90 Å². The van der Waals surface area contributed by atoms with Crippen molar-refractivity contribution in [2.75, 3.05) is 44.3 Å². The summed E-state index contributed by atoms with van der Waals surface area (Å²) in [4.78, 5) is 7.87. The Morgan fingerprint density at radius 3 is 2.06 bits per heavy atom. The molecule has 1 N–H and O–H groups in total. The maximum atomic E-state index is 14.3. The zero-order valence-electron chi connectivity index (χ0n) is 26.7. The highest BCUT2D eigenvalue weighted by molar-refractivity contribution is 5.87. The van der Waals surface area contributed by atoms with Crippen LogP contribution < -0.4 is 14.4 Å². The fourth-order valence-corrected chi connectivity index (χ4v) is 6.58. The molecule has 6 aromatic rings. The van der Waals surface area contributed by atoms with Gasteiger partial charge >= 0.3 is 6.18 Å². The molecule has 2 aliphatic heterocycles. The van der Waals surface area contributed by atoms with Crippen LogP contribution in [0.15, 0.2) is 115 Å². The van der Waals surface area contributed by atoms with Crippen molar-refractivity contribution in [3.8, 4) is 39.5 Å². The van der Waals surface area contributed by atoms with Crippen LogP contribution in [0.1, 0.15) is 11.1 Å². The Kier molecular flexibility index (Phi) is 8.23. The van der Waals surface area contributed by atoms with E-state index >= 15 is 0 Å². The molecule has 5 aromatic carbocycles. The lowest BCUT2D eigenvalue weighted by Crippen LogP contribution is -2.41. The Morgan fingerprint density at radius 2 is 1.35 bits per heavy atom. The number of nitrogens with zero attached hydrogens (tertiary/aromatic N) is 2. The molecule has 0 amide bonds. The summed E-state index contributed by atoms with van der Waals surface area (Å²) >= 11 is 0. The average molecular weight is 662 g/mol. The molecule has 2 aliphatic rings. The molecule has 8 rings (SSSR count). The third-order valence-electron chi connectivity index (χ3n) is 9.21. The minimum Gasteiger partial charge on any atom is -0.488 e. The van der Waals surface area contributed by atoms with Crippen LogP contribution in [0.5, 0.6) is 17.2 Å². The number of aromatic amines is 1. The van der Waals surface area contributed by atoms with E-state index in [2.05, 4.69) is 45.1 Å². The Bertz CT molecular complexity index is 2110. The first kappa shape index (κ1) is 31.0. The predicted octanol–water partition coefficient (Wildman–Crippen LogP) is 9.68. The molecule has 0 unspecified atom stereocenters. The second kappa shape index (κ2) is 13.0. The van der Waals surface area contributed by atoms with Gasteiger partial charge in [0, 0.05) is 37.9 Å². The second-order valence-electron chi connectivity index (χ2n) is 12.3. The second-order valence-corrected chi connectivity index (χ2v) is 12.3. The van der Waals surface area contributed by atoms with Crippen LogP contribution in [0, 0.1) is 0 Å². The highest BCUT2D eigenvalue weighted by Gasteiger charge is 2.35. The van der Waals surface area contributed by atoms with Crippen molar-refractivity contribution >= 4 is 22.3 Å². The van der Waals surface area contributed by atoms with Crippen molar-refractivity contribution in [1.82, 2.24) is 9.88 Å². The van der Waals surface area contributed by atoms with Crippen LogP contribution in [-0.2, 0) is 17.5 Å². The van der Waals surface area contributed by atoms with Crippen molar-refractivity contribution in [2.45, 2.75) is 12.8 Å². The summed E-state index contributed by atoms with van der Waals surface area (Å²) in [5.74, 6) is 1.07. The number of alkyl halides is 3. The van der Waals surface area contributed by atoms with Gasteiger partial charge in [0.2, 0.25) is 0 Å². The number of aromatic nitrogens is 1. The van der Waals surface area contributed by atoms with E-state index in [0.717, 1.165) is 64.7 Å². The maximum absolute atomic E-state index is 14.3. The van der Waals surface area contributed by atoms with Crippen LogP contribution in [0.2, 0.25) is 0 Å². The third-order valence-corrected chi connectivity index (χ3v) is 9.21. The van der Waals surface area contributed by atoms with Crippen molar-refractivity contribution in [3.05, 3.63) is 127 Å². The number of nitrogens with one attached hydrogen (secondary N) is 1. The van der Waals surface area contributed by atoms with Gasteiger partial charge in [0.25, 0.3) is 0 Å². The van der Waals surface area contributed by atoms with E-state index in [4.69, 9.17) is 14.2 Å². The van der Waals surface area contributed by atoms with Crippen molar-refractivity contribution in [1.29, 1.82) is 0 Å². The zero-order valence-corrected chi connectivity index (χ0v) is 26.7. The smallest absolute Gasteiger partial charge is 0.419 e. The lowest BCUT2D eigenvalue weighted by Gasteiger charge is -2.35. The van der Waals surface area contributed by atoms with Gasteiger partial charge in [0.05, 0.1) is 30.2 Å². The number of halogens is 3. The molecular weight excluding hydrogens is 627 g/mol. The molecule has 0 aliphatic carbocycles. The summed E-state index contributed by atoms with van der Waals surface area (Å²) in [7, 11) is 0. The monoisotopic (exact) mass is 661 g/mol. The first-order valence-electron chi connectivity index (χ1n) is 16.4. The number of benzene rings is 5. The molecular formula is C40H34F3N3O3. The zero-order chi connectivity index (χ0) is 33.4. The van der Waals surface area contributed by atoms with Gasteiger partial charge in [-0.1, -0.05) is 54.6 Å². The number of hydrogen-bond donors (Lipinski definition) is 1. The lowest BCUT2D eigenvalue weighted by molar-refractivity contribution is -0.139. The van der Waals surface area contributed by atoms with Gasteiger partial charge < -0.3 is 24.1 Å². The maximum Gasteiger partial charge on any atom is 0.419 e. The molecule has 9 heteroatoms. The number of rotatable bonds is 8. The molecule has 0 bridgehead atoms. The molecule has 248 valence electrons. The van der Waals surface area contributed by atoms with E-state index in [9.17, 15) is 13.2 Å². The first-order chi connectivity index (χ1) is 23.9. The Hall–Kier alpha value is -5.25. The van der Waals surface area contributed by atoms with Gasteiger partial charge in [0.15, 0.2) is 11.5 Å². The summed E-state index contributed by atoms with van der Waals surface area (Å²) in [6.07, 6.45) is -2.67. The number of fused-ring (bicyclic) bond motifs is 3. The van der Waals surface area contributed by atoms with Crippen LogP contribution >= 0.6 is 0 Å². The minimum atomic E-state index is -4.60. The summed E-state index contributed by atoms with van der Waals surface area (Å²) in [5, 5.41) is 1.12. The molecule has 1 saturated heterocycles. The van der Waals surface area contributed by atoms with Gasteiger partial charge in [-0.15, -0.1) is 0 Å². The molecule has 0 radical (unpaired) electrons. The fraction of sp³-hybridized carbons (Fsp3) is 0.200. The van der Waals surface area contributed by atoms with Crippen LogP contribution in [0.4, 0.5) is 24.5 Å². The van der Waals surface area contributed by atoms with Crippen molar-refractivity contribution in [2.24, 2.45) is 0 Å². The SMILES string of the molecule is FC(F)(F)c1cc(-c2ccc3c(c2)Oc2cc(-c4ccc5[nH]ccc5c4)ccc2N3CCN2CCOCC2)ccc1OCc1ccccc1. The normalized spacial score (nSPS) is 14.7. The standard InChI is InChI=1S/C40H34F3N3O3/c41-40(42,43)33-23-29(9-13-37(33)48-26-27-4-2-1-3-5-27)31-8-12-36-39(25-31)49-38-24-30(28-6-10-34-32(22-28)14-15-44-34)7-11-35(38)46(36)17-16-45-18-20-47-21-19-45/h1-15,22-25,44H,16-21,26H2. The molecule has 1 fully saturated rings. The molecule has 0 spiro atoms. The van der Waals surface area contributed by atoms with Gasteiger partial charge in [-0.25, -0.2) is 0 Å². The Labute approximate surface area is 282 Å².